The summed E-state index contributed by atoms with van der Waals surface area (Å²) in [7, 11) is 0. The van der Waals surface area contributed by atoms with Crippen LogP contribution in [-0.4, -0.2) is 275 Å². The number of aliphatic hydroxyl groups excluding tert-OH is 2. The van der Waals surface area contributed by atoms with Gasteiger partial charge in [-0.25, -0.2) is 36.7 Å². The van der Waals surface area contributed by atoms with Crippen molar-refractivity contribution in [2.24, 2.45) is 33.8 Å². The Balaban J connectivity index is 0.000000612. The van der Waals surface area contributed by atoms with Gasteiger partial charge in [-0.2, -0.15) is 26.3 Å². The number of halogens is 10. The maximum atomic E-state index is 15.1. The number of hydrogen-bond donors (Lipinski definition) is 18. The van der Waals surface area contributed by atoms with Gasteiger partial charge in [-0.15, -0.1) is 23.5 Å². The molecule has 3 unspecified atom stereocenters. The lowest BCUT2D eigenvalue weighted by molar-refractivity contribution is -0.193. The molecule has 0 aliphatic carbocycles. The number of Topliss-reactive ketones (excluding diaryl/α,β-unsaturated/α-hetero) is 2. The second-order valence-corrected chi connectivity index (χ2v) is 34.8. The number of alkyl halides is 6. The molecule has 50 heteroatoms. The number of nitrogens with zero attached hydrogens (tertiary/aromatic N) is 4. The maximum absolute atomic E-state index is 15.1. The molecule has 6 rings (SSSR count). The summed E-state index contributed by atoms with van der Waals surface area (Å²) in [5, 5.41) is 96.9. The highest BCUT2D eigenvalue weighted by molar-refractivity contribution is 8.00. The number of rotatable bonds is 48. The molecule has 0 radical (unpaired) electrons. The second-order valence-electron chi connectivity index (χ2n) is 32.3. The van der Waals surface area contributed by atoms with Crippen molar-refractivity contribution >= 4 is 118 Å². The minimum Gasteiger partial charge on any atom is -0.481 e. The largest absolute Gasteiger partial charge is 0.490 e. The normalized spacial score (nSPS) is 13.6. The lowest BCUT2D eigenvalue weighted by atomic mass is 9.82. The monoisotopic (exact) mass is 1980 g/mol. The third-order valence-electron chi connectivity index (χ3n) is 19.5. The molecule has 6 aromatic rings. The van der Waals surface area contributed by atoms with E-state index in [2.05, 4.69) is 21.3 Å². The number of hydrogen-bond acceptors (Lipinski definition) is 24. The number of benzene rings is 4. The number of amides is 6. The molecular formula is C86H106F10N12O26S2. The minimum atomic E-state index is -5.08. The Morgan fingerprint density at radius 3 is 1.08 bits per heavy atom. The van der Waals surface area contributed by atoms with E-state index in [1.807, 2.05) is 102 Å². The smallest absolute Gasteiger partial charge is 0.481 e. The van der Waals surface area contributed by atoms with E-state index < -0.39 is 265 Å². The van der Waals surface area contributed by atoms with E-state index in [-0.39, 0.29) is 61.7 Å². The van der Waals surface area contributed by atoms with Gasteiger partial charge in [0.1, 0.15) is 65.9 Å². The Labute approximate surface area is 778 Å². The van der Waals surface area contributed by atoms with Crippen LogP contribution in [0.4, 0.5) is 43.9 Å². The molecule has 748 valence electrons. The summed E-state index contributed by atoms with van der Waals surface area (Å²) in [6, 6.07) is 17.5. The number of carboxylic acids is 8. The van der Waals surface area contributed by atoms with Crippen LogP contribution < -0.4 is 44.2 Å². The van der Waals surface area contributed by atoms with Crippen molar-refractivity contribution in [1.29, 1.82) is 0 Å². The Kier molecular flexibility index (Phi) is 47.1. The van der Waals surface area contributed by atoms with E-state index in [0.29, 0.717) is 46.0 Å². The first-order chi connectivity index (χ1) is 63.1. The Hall–Kier alpha value is -12.9. The fraction of sp³-hybridized carbons (Fsp3) is 0.442. The average molecular weight is 1980 g/mol. The molecule has 0 fully saturated rings. The molecule has 0 bridgehead atoms. The van der Waals surface area contributed by atoms with Crippen molar-refractivity contribution in [2.45, 2.75) is 177 Å². The van der Waals surface area contributed by atoms with Crippen molar-refractivity contribution in [3.63, 3.8) is 0 Å². The molecule has 136 heavy (non-hydrogen) atoms. The van der Waals surface area contributed by atoms with Gasteiger partial charge in [0.2, 0.25) is 35.4 Å². The minimum absolute atomic E-state index is 0.0142. The van der Waals surface area contributed by atoms with E-state index in [1.165, 1.54) is 9.80 Å². The molecule has 4 aromatic carbocycles. The molecule has 22 N–H and O–H groups in total. The first kappa shape index (κ1) is 117. The van der Waals surface area contributed by atoms with Crippen LogP contribution in [-0.2, 0) is 89.8 Å². The fourth-order valence-corrected chi connectivity index (χ4v) is 14.9. The van der Waals surface area contributed by atoms with Crippen LogP contribution in [0, 0.1) is 34.1 Å². The number of aliphatic hydroxyl groups is 2. The summed E-state index contributed by atoms with van der Waals surface area (Å²) in [5.41, 5.74) is 25.0. The zero-order valence-corrected chi connectivity index (χ0v) is 75.4. The van der Waals surface area contributed by atoms with Crippen LogP contribution in [0.2, 0.25) is 0 Å². The number of thioether (sulfide) groups is 2. The van der Waals surface area contributed by atoms with E-state index in [4.69, 9.17) is 58.1 Å². The van der Waals surface area contributed by atoms with Crippen LogP contribution in [0.15, 0.2) is 122 Å². The number of aliphatic carboxylic acids is 8. The molecule has 0 spiro atoms. The quantitative estimate of drug-likeness (QED) is 0.0209. The Morgan fingerprint density at radius 1 is 0.426 bits per heavy atom. The van der Waals surface area contributed by atoms with E-state index in [0.717, 1.165) is 47.5 Å². The van der Waals surface area contributed by atoms with Crippen molar-refractivity contribution in [3.05, 3.63) is 167 Å². The number of carbonyl (C=O) groups is 16. The number of nitrogens with one attached hydrogen (secondary N) is 4. The highest BCUT2D eigenvalue weighted by Crippen LogP contribution is 2.44. The summed E-state index contributed by atoms with van der Waals surface area (Å²) in [4.78, 5) is 193. The summed E-state index contributed by atoms with van der Waals surface area (Å²) in [6.45, 7) is 8.08. The summed E-state index contributed by atoms with van der Waals surface area (Å²) < 4.78 is 126. The first-order valence-corrected chi connectivity index (χ1v) is 42.8. The highest BCUT2D eigenvalue weighted by Gasteiger charge is 2.43. The van der Waals surface area contributed by atoms with Gasteiger partial charge in [-0.1, -0.05) is 102 Å². The molecule has 0 aliphatic rings. The van der Waals surface area contributed by atoms with E-state index in [1.54, 1.807) is 33.7 Å². The van der Waals surface area contributed by atoms with E-state index >= 15 is 8.78 Å². The number of carboxylic acid groups (broad SMARTS) is 8. The highest BCUT2D eigenvalue weighted by atomic mass is 32.2. The zero-order valence-electron chi connectivity index (χ0n) is 73.7. The zero-order chi connectivity index (χ0) is 103. The van der Waals surface area contributed by atoms with Gasteiger partial charge >= 0.3 is 60.1 Å². The molecule has 0 aliphatic heterocycles. The lowest BCUT2D eigenvalue weighted by Gasteiger charge is -2.41. The van der Waals surface area contributed by atoms with E-state index in [9.17, 15) is 128 Å². The standard InChI is InChI=1S/2C41H52F2N6O11S.2C2HF3O2/c1-41(2,3)36(32-15-24(27-16-25(42)9-11-28(27)43)20-48(32)19-23-7-5-4-6-8-23)49(34(52)21-50)14-13-29(44)37(55)47-31(40(59)60)12-10-26(51)18-46-38(56)33(17-35(53)54)61-22-30(45)39(57)58;1-41(2,3)36(32-15-24(27-16-25(42)9-11-28(27)43)20-48(32)19-23-7-5-4-6-8-23)49(35(53)21-50)14-13-29(44)37(54)47-31(39(57)58)12-10-26(51)18-46-34(52)17-33(40(59)60)61-22-30(45)38(55)56;2*3-2(4,5)1(6)7/h4-9,11,15-16,20,29-31,33,36,50H,10,12-14,17-19,21-22,44-45H2,1-3H3,(H,46,56)(H,47,55)(H,53,54)(H,57,58)(H,59,60);4-9,11,15-16,20,29-31,33,36,50H,10,12-14,17-19,21-22,44-45H2,1-3H3,(H,46,52)(H,47,54)(H,55,56)(H,57,58)(H,59,60);2*(H,6,7)/t29-,30-,31+,33?,36-;29-,30-,31+,33?,36?;;/m00../s1. The Morgan fingerprint density at radius 2 is 0.772 bits per heavy atom. The third kappa shape index (κ3) is 40.0. The Bertz CT molecular complexity index is 5120. The predicted molar refractivity (Wildman–Crippen MR) is 467 cm³/mol. The van der Waals surface area contributed by atoms with Crippen LogP contribution in [0.1, 0.15) is 128 Å². The van der Waals surface area contributed by atoms with Gasteiger partial charge in [0.05, 0.1) is 48.9 Å². The number of ketones is 2. The number of carbonyl (C=O) groups excluding carboxylic acids is 8. The topological polar surface area (TPSA) is 644 Å². The van der Waals surface area contributed by atoms with Gasteiger partial charge in [-0.05, 0) is 96.2 Å². The summed E-state index contributed by atoms with van der Waals surface area (Å²) >= 11 is 1.33. The van der Waals surface area contributed by atoms with Crippen LogP contribution in [0.5, 0.6) is 0 Å². The van der Waals surface area contributed by atoms with Gasteiger partial charge < -0.3 is 114 Å². The lowest BCUT2D eigenvalue weighted by Crippen LogP contribution is -2.51. The van der Waals surface area contributed by atoms with Gasteiger partial charge in [0.15, 0.2) is 11.6 Å². The van der Waals surface area contributed by atoms with Crippen molar-refractivity contribution < 1.29 is 172 Å². The maximum Gasteiger partial charge on any atom is 0.490 e. The number of nitrogens with two attached hydrogens (primary N) is 4. The van der Waals surface area contributed by atoms with Crippen molar-refractivity contribution in [2.75, 3.05) is 50.9 Å². The molecule has 10 atom stereocenters. The van der Waals surface area contributed by atoms with Gasteiger partial charge in [0, 0.05) is 103 Å². The van der Waals surface area contributed by atoms with Gasteiger partial charge in [0.25, 0.3) is 0 Å². The third-order valence-corrected chi connectivity index (χ3v) is 22.1. The van der Waals surface area contributed by atoms with Gasteiger partial charge in [-0.3, -0.25) is 57.5 Å². The molecule has 0 saturated heterocycles. The molecule has 2 aromatic heterocycles. The molecular weight excluding hydrogens is 1870 g/mol. The van der Waals surface area contributed by atoms with Crippen LogP contribution in [0.3, 0.4) is 0 Å². The average Bonchev–Trinajstić information content (AvgIpc) is 1.61. The molecule has 0 saturated carbocycles. The molecule has 2 heterocycles. The molecule has 6 amide bonds. The summed E-state index contributed by atoms with van der Waals surface area (Å²) in [5.74, 6) is -23.5. The van der Waals surface area contributed by atoms with Crippen LogP contribution >= 0.6 is 23.5 Å². The number of aromatic nitrogens is 2. The van der Waals surface area contributed by atoms with Crippen molar-refractivity contribution in [3.8, 4) is 22.3 Å². The van der Waals surface area contributed by atoms with Crippen LogP contribution in [0.25, 0.3) is 22.3 Å². The molecule has 38 nitrogen and oxygen atoms in total. The first-order valence-electron chi connectivity index (χ1n) is 40.7. The second kappa shape index (κ2) is 54.6. The fourth-order valence-electron chi connectivity index (χ4n) is 12.8. The SMILES string of the molecule is CC(C)(C)C(c1cc(-c2cc(F)ccc2F)cn1Cc1ccccc1)N(CC[C@H](N)C(=O)N[C@H](CCC(=O)CNC(=O)CC(SC[C@H](N)C(=O)O)C(=O)O)C(=O)O)C(=O)CO.CC(C)(C)[C@H](c1cc(-c2cc(F)ccc2F)cn1Cc1ccccc1)N(CC[C@H](N)C(=O)N[C@H](CCC(=O)CNC(=O)C(CC(=O)O)SC[C@H](N)C(=O)O)C(=O)O)C(=O)CO.O=C(O)C(F)(F)F.O=C(O)C(F)(F)F. The van der Waals surface area contributed by atoms with Crippen molar-refractivity contribution in [1.82, 2.24) is 40.2 Å². The summed E-state index contributed by atoms with van der Waals surface area (Å²) in [6.07, 6.45) is -10.3. The predicted octanol–water partition coefficient (Wildman–Crippen LogP) is 5.53.